The second-order valence-corrected chi connectivity index (χ2v) is 6.70. The van der Waals surface area contributed by atoms with Gasteiger partial charge in [0.25, 0.3) is 0 Å². The van der Waals surface area contributed by atoms with Crippen LogP contribution in [-0.4, -0.2) is 40.9 Å². The Hall–Kier alpha value is -2.40. The Morgan fingerprint density at radius 2 is 2.10 bits per heavy atom. The van der Waals surface area contributed by atoms with E-state index in [0.29, 0.717) is 19.8 Å². The summed E-state index contributed by atoms with van der Waals surface area (Å²) >= 11 is 0. The fourth-order valence-corrected chi connectivity index (χ4v) is 2.86. The molecule has 0 radical (unpaired) electrons. The van der Waals surface area contributed by atoms with E-state index in [-0.39, 0.29) is 24.0 Å². The summed E-state index contributed by atoms with van der Waals surface area (Å²) in [7, 11) is 1.76. The molecule has 3 rings (SSSR count). The maximum absolute atomic E-state index is 5.57. The third-order valence-corrected chi connectivity index (χ3v) is 4.30. The van der Waals surface area contributed by atoms with Gasteiger partial charge in [0.2, 0.25) is 0 Å². The highest BCUT2D eigenvalue weighted by Crippen LogP contribution is 2.10. The first kappa shape index (κ1) is 23.9. The molecule has 0 bridgehead atoms. The molecule has 0 saturated carbocycles. The van der Waals surface area contributed by atoms with Crippen LogP contribution >= 0.6 is 24.0 Å². The predicted molar refractivity (Wildman–Crippen MR) is 127 cm³/mol. The highest BCUT2D eigenvalue weighted by molar-refractivity contribution is 14.0. The highest BCUT2D eigenvalue weighted by atomic mass is 127. The van der Waals surface area contributed by atoms with Gasteiger partial charge in [-0.3, -0.25) is 4.99 Å². The van der Waals surface area contributed by atoms with Gasteiger partial charge in [-0.2, -0.15) is 5.10 Å². The van der Waals surface area contributed by atoms with Crippen molar-refractivity contribution in [3.63, 3.8) is 0 Å². The van der Waals surface area contributed by atoms with Crippen molar-refractivity contribution in [2.24, 2.45) is 4.99 Å². The Balaban J connectivity index is 0.00000320. The van der Waals surface area contributed by atoms with E-state index < -0.39 is 0 Å². The molecular formula is C21H29IN6O2. The maximum Gasteiger partial charge on any atom is 0.191 e. The van der Waals surface area contributed by atoms with Crippen molar-refractivity contribution in [2.45, 2.75) is 33.4 Å². The molecule has 0 spiro atoms. The van der Waals surface area contributed by atoms with Gasteiger partial charge in [-0.05, 0) is 50.1 Å². The first-order chi connectivity index (χ1) is 14.2. The molecule has 8 nitrogen and oxygen atoms in total. The molecule has 0 saturated heterocycles. The summed E-state index contributed by atoms with van der Waals surface area (Å²) in [5.74, 6) is 2.41. The number of hydrogen-bond acceptors (Lipinski definition) is 5. The molecule has 0 aliphatic rings. The third-order valence-electron chi connectivity index (χ3n) is 4.30. The van der Waals surface area contributed by atoms with E-state index in [1.807, 2.05) is 55.1 Å². The molecule has 3 aromatic rings. The SMILES string of the molecule is CN=C(NCCCOCc1ccco1)NCc1ccc(-n2nc(C)cc2C)nc1.I. The summed E-state index contributed by atoms with van der Waals surface area (Å²) in [6.07, 6.45) is 4.38. The molecule has 3 heterocycles. The molecule has 9 heteroatoms. The topological polar surface area (TPSA) is 89.5 Å². The standard InChI is InChI=1S/C21H28N6O2.HI/c1-16-12-17(2)27(26-16)20-8-7-18(13-24-20)14-25-21(22-3)23-9-5-10-28-15-19-6-4-11-29-19;/h4,6-8,11-13H,5,9-10,14-15H2,1-3H3,(H2,22,23,25);1H. The molecule has 0 fully saturated rings. The molecule has 3 aromatic heterocycles. The van der Waals surface area contributed by atoms with Gasteiger partial charge in [-0.15, -0.1) is 24.0 Å². The number of aliphatic imine (C=N–C) groups is 1. The van der Waals surface area contributed by atoms with Gasteiger partial charge in [0.1, 0.15) is 12.4 Å². The van der Waals surface area contributed by atoms with Crippen LogP contribution in [0.5, 0.6) is 0 Å². The zero-order chi connectivity index (χ0) is 20.5. The number of rotatable bonds is 9. The van der Waals surface area contributed by atoms with E-state index in [0.717, 1.165) is 47.5 Å². The molecule has 0 aliphatic heterocycles. The van der Waals surface area contributed by atoms with E-state index in [1.165, 1.54) is 0 Å². The van der Waals surface area contributed by atoms with E-state index in [1.54, 1.807) is 13.3 Å². The average Bonchev–Trinajstić information content (AvgIpc) is 3.36. The Morgan fingerprint density at radius 1 is 1.23 bits per heavy atom. The molecule has 162 valence electrons. The van der Waals surface area contributed by atoms with Gasteiger partial charge in [0, 0.05) is 38.6 Å². The lowest BCUT2D eigenvalue weighted by molar-refractivity contribution is 0.105. The van der Waals surface area contributed by atoms with Crippen molar-refractivity contribution in [3.05, 3.63) is 65.5 Å². The zero-order valence-electron chi connectivity index (χ0n) is 17.6. The Labute approximate surface area is 194 Å². The van der Waals surface area contributed by atoms with E-state index >= 15 is 0 Å². The lowest BCUT2D eigenvalue weighted by atomic mass is 10.3. The molecule has 30 heavy (non-hydrogen) atoms. The van der Waals surface area contributed by atoms with Crippen molar-refractivity contribution in [2.75, 3.05) is 20.2 Å². The molecule has 2 N–H and O–H groups in total. The lowest BCUT2D eigenvalue weighted by Crippen LogP contribution is -2.37. The van der Waals surface area contributed by atoms with Gasteiger partial charge in [0.15, 0.2) is 11.8 Å². The largest absolute Gasteiger partial charge is 0.467 e. The average molecular weight is 524 g/mol. The number of furan rings is 1. The number of ether oxygens (including phenoxy) is 1. The monoisotopic (exact) mass is 524 g/mol. The molecular weight excluding hydrogens is 495 g/mol. The van der Waals surface area contributed by atoms with Crippen LogP contribution in [0.25, 0.3) is 5.82 Å². The quantitative estimate of drug-likeness (QED) is 0.193. The number of halogens is 1. The second kappa shape index (κ2) is 12.3. The molecule has 0 amide bonds. The lowest BCUT2D eigenvalue weighted by Gasteiger charge is -2.12. The Bertz CT molecular complexity index is 906. The van der Waals surface area contributed by atoms with Crippen molar-refractivity contribution >= 4 is 29.9 Å². The van der Waals surface area contributed by atoms with Crippen molar-refractivity contribution in [3.8, 4) is 5.82 Å². The van der Waals surface area contributed by atoms with E-state index in [9.17, 15) is 0 Å². The van der Waals surface area contributed by atoms with Gasteiger partial charge < -0.3 is 19.8 Å². The summed E-state index contributed by atoms with van der Waals surface area (Å²) in [5.41, 5.74) is 3.12. The van der Waals surface area contributed by atoms with Gasteiger partial charge in [-0.25, -0.2) is 9.67 Å². The van der Waals surface area contributed by atoms with Crippen LogP contribution in [0.2, 0.25) is 0 Å². The highest BCUT2D eigenvalue weighted by Gasteiger charge is 2.05. The van der Waals surface area contributed by atoms with Gasteiger partial charge in [-0.1, -0.05) is 6.07 Å². The first-order valence-electron chi connectivity index (χ1n) is 9.69. The van der Waals surface area contributed by atoms with Crippen LogP contribution in [0.1, 0.15) is 29.1 Å². The fraction of sp³-hybridized carbons (Fsp3) is 0.381. The predicted octanol–water partition coefficient (Wildman–Crippen LogP) is 3.37. The number of guanidine groups is 1. The Morgan fingerprint density at radius 3 is 2.73 bits per heavy atom. The minimum Gasteiger partial charge on any atom is -0.467 e. The smallest absolute Gasteiger partial charge is 0.191 e. The molecule has 0 unspecified atom stereocenters. The second-order valence-electron chi connectivity index (χ2n) is 6.70. The van der Waals surface area contributed by atoms with Crippen molar-refractivity contribution in [1.82, 2.24) is 25.4 Å². The maximum atomic E-state index is 5.57. The summed E-state index contributed by atoms with van der Waals surface area (Å²) in [6, 6.07) is 9.82. The Kier molecular flexibility index (Phi) is 9.81. The minimum atomic E-state index is 0. The van der Waals surface area contributed by atoms with Crippen LogP contribution in [-0.2, 0) is 17.9 Å². The minimum absolute atomic E-state index is 0. The number of hydrogen-bond donors (Lipinski definition) is 2. The third kappa shape index (κ3) is 7.13. The normalized spacial score (nSPS) is 11.2. The molecule has 0 aliphatic carbocycles. The number of aromatic nitrogens is 3. The summed E-state index contributed by atoms with van der Waals surface area (Å²) < 4.78 is 12.6. The summed E-state index contributed by atoms with van der Waals surface area (Å²) in [6.45, 7) is 6.56. The van der Waals surface area contributed by atoms with Gasteiger partial charge in [0.05, 0.1) is 12.0 Å². The number of aryl methyl sites for hydroxylation is 2. The van der Waals surface area contributed by atoms with Crippen molar-refractivity contribution in [1.29, 1.82) is 0 Å². The van der Waals surface area contributed by atoms with Crippen LogP contribution in [0.15, 0.2) is 52.2 Å². The zero-order valence-corrected chi connectivity index (χ0v) is 19.9. The number of pyridine rings is 1. The van der Waals surface area contributed by atoms with Crippen LogP contribution < -0.4 is 10.6 Å². The molecule has 0 atom stereocenters. The fourth-order valence-electron chi connectivity index (χ4n) is 2.86. The van der Waals surface area contributed by atoms with E-state index in [4.69, 9.17) is 9.15 Å². The number of nitrogens with one attached hydrogen (secondary N) is 2. The van der Waals surface area contributed by atoms with Crippen LogP contribution in [0, 0.1) is 13.8 Å². The van der Waals surface area contributed by atoms with Gasteiger partial charge >= 0.3 is 0 Å². The van der Waals surface area contributed by atoms with Crippen molar-refractivity contribution < 1.29 is 9.15 Å². The summed E-state index contributed by atoms with van der Waals surface area (Å²) in [4.78, 5) is 8.76. The van der Waals surface area contributed by atoms with Crippen LogP contribution in [0.4, 0.5) is 0 Å². The first-order valence-corrected chi connectivity index (χ1v) is 9.69. The van der Waals surface area contributed by atoms with E-state index in [2.05, 4.69) is 25.7 Å². The summed E-state index contributed by atoms with van der Waals surface area (Å²) in [5, 5.41) is 11.0. The molecule has 0 aromatic carbocycles. The number of nitrogens with zero attached hydrogens (tertiary/aromatic N) is 4. The van der Waals surface area contributed by atoms with Crippen LogP contribution in [0.3, 0.4) is 0 Å².